The fourth-order valence-electron chi connectivity index (χ4n) is 4.47. The molecular weight excluding hydrogens is 508 g/mol. The van der Waals surface area contributed by atoms with E-state index in [0.29, 0.717) is 28.7 Å². The number of rotatable bonds is 8. The maximum Gasteiger partial charge on any atom is 0.339 e. The van der Waals surface area contributed by atoms with Crippen molar-refractivity contribution in [3.05, 3.63) is 65.4 Å². The highest BCUT2D eigenvalue weighted by atomic mass is 32.2. The maximum absolute atomic E-state index is 13.5. The molecule has 1 aliphatic heterocycles. The summed E-state index contributed by atoms with van der Waals surface area (Å²) in [5.41, 5.74) is 3.14. The molecule has 2 aromatic carbocycles. The summed E-state index contributed by atoms with van der Waals surface area (Å²) < 4.78 is 31.7. The predicted molar refractivity (Wildman–Crippen MR) is 142 cm³/mol. The van der Waals surface area contributed by atoms with Crippen molar-refractivity contribution in [1.82, 2.24) is 14.6 Å². The van der Waals surface area contributed by atoms with E-state index >= 15 is 0 Å². The molecule has 1 atom stereocenters. The van der Waals surface area contributed by atoms with Gasteiger partial charge in [0.15, 0.2) is 6.10 Å². The van der Waals surface area contributed by atoms with Crippen LogP contribution in [0.15, 0.2) is 53.4 Å². The molecule has 10 nitrogen and oxygen atoms in total. The van der Waals surface area contributed by atoms with E-state index < -0.39 is 33.9 Å². The number of aromatic nitrogens is 1. The number of carbonyl (C=O) groups is 3. The summed E-state index contributed by atoms with van der Waals surface area (Å²) >= 11 is 0. The normalized spacial score (nSPS) is 14.4. The zero-order valence-electron chi connectivity index (χ0n) is 21.5. The van der Waals surface area contributed by atoms with E-state index in [1.807, 2.05) is 29.0 Å². The molecule has 2 heterocycles. The lowest BCUT2D eigenvalue weighted by Gasteiger charge is -2.29. The summed E-state index contributed by atoms with van der Waals surface area (Å²) in [6.07, 6.45) is 0.598. The zero-order chi connectivity index (χ0) is 27.4. The topological polar surface area (TPSA) is 135 Å². The van der Waals surface area contributed by atoms with Crippen LogP contribution in [0.4, 0.5) is 5.69 Å². The molecule has 2 amide bonds. The molecule has 11 heteroatoms. The number of ether oxygens (including phenoxy) is 1. The molecule has 0 radical (unpaired) electrons. The lowest BCUT2D eigenvalue weighted by atomic mass is 9.95. The number of nitrogens with one attached hydrogen (secondary N) is 2. The van der Waals surface area contributed by atoms with Crippen LogP contribution in [0.5, 0.6) is 0 Å². The van der Waals surface area contributed by atoms with Crippen molar-refractivity contribution < 1.29 is 27.5 Å². The van der Waals surface area contributed by atoms with Crippen molar-refractivity contribution in [2.75, 3.05) is 18.4 Å². The number of benzene rings is 2. The minimum atomic E-state index is -3.99. The Kier molecular flexibility index (Phi) is 8.08. The molecule has 3 aromatic rings. The Labute approximate surface area is 221 Å². The van der Waals surface area contributed by atoms with Gasteiger partial charge in [-0.05, 0) is 50.2 Å². The van der Waals surface area contributed by atoms with E-state index in [4.69, 9.17) is 9.72 Å². The van der Waals surface area contributed by atoms with Crippen molar-refractivity contribution in [2.24, 2.45) is 0 Å². The van der Waals surface area contributed by atoms with Gasteiger partial charge in [-0.2, -0.15) is 0 Å². The van der Waals surface area contributed by atoms with Gasteiger partial charge < -0.3 is 10.1 Å². The number of sulfonamides is 1. The molecule has 0 fully saturated rings. The number of anilines is 1. The van der Waals surface area contributed by atoms with Crippen LogP contribution in [0.2, 0.25) is 0 Å². The smallest absolute Gasteiger partial charge is 0.339 e. The molecule has 4 rings (SSSR count). The quantitative estimate of drug-likeness (QED) is 0.418. The van der Waals surface area contributed by atoms with E-state index in [1.54, 1.807) is 0 Å². The molecule has 2 N–H and O–H groups in total. The second-order valence-electron chi connectivity index (χ2n) is 9.18. The van der Waals surface area contributed by atoms with Gasteiger partial charge in [-0.3, -0.25) is 19.5 Å². The number of hydrogen-bond donors (Lipinski definition) is 2. The van der Waals surface area contributed by atoms with Crippen LogP contribution in [0.1, 0.15) is 48.8 Å². The Hall–Kier alpha value is -3.83. The third-order valence-electron chi connectivity index (χ3n) is 6.23. The van der Waals surface area contributed by atoms with Gasteiger partial charge in [0.25, 0.3) is 15.9 Å². The first-order valence-corrected chi connectivity index (χ1v) is 13.9. The lowest BCUT2D eigenvalue weighted by Crippen LogP contribution is -2.34. The minimum absolute atomic E-state index is 0.128. The Morgan fingerprint density at radius 2 is 1.82 bits per heavy atom. The summed E-state index contributed by atoms with van der Waals surface area (Å²) in [5.74, 6) is -1.88. The largest absolute Gasteiger partial charge is 0.449 e. The molecule has 0 saturated heterocycles. The van der Waals surface area contributed by atoms with Crippen LogP contribution in [-0.2, 0) is 37.3 Å². The van der Waals surface area contributed by atoms with Gasteiger partial charge >= 0.3 is 5.97 Å². The lowest BCUT2D eigenvalue weighted by molar-refractivity contribution is -0.123. The summed E-state index contributed by atoms with van der Waals surface area (Å²) in [4.78, 5) is 44.3. The van der Waals surface area contributed by atoms with Crippen LogP contribution in [-0.4, -0.2) is 55.3 Å². The predicted octanol–water partition coefficient (Wildman–Crippen LogP) is 3.01. The molecule has 1 unspecified atom stereocenters. The highest BCUT2D eigenvalue weighted by molar-refractivity contribution is 7.90. The summed E-state index contributed by atoms with van der Waals surface area (Å²) in [5, 5.41) is 3.30. The van der Waals surface area contributed by atoms with E-state index in [2.05, 4.69) is 17.1 Å². The van der Waals surface area contributed by atoms with E-state index in [9.17, 15) is 22.8 Å². The van der Waals surface area contributed by atoms with Crippen LogP contribution < -0.4 is 10.0 Å². The van der Waals surface area contributed by atoms with E-state index in [1.165, 1.54) is 31.2 Å². The molecule has 0 spiro atoms. The maximum atomic E-state index is 13.5. The molecule has 1 aliphatic rings. The number of carbonyl (C=O) groups excluding carboxylic acids is 3. The summed E-state index contributed by atoms with van der Waals surface area (Å²) in [7, 11) is -3.99. The number of nitrogens with zero attached hydrogens (tertiary/aromatic N) is 2. The highest BCUT2D eigenvalue weighted by Crippen LogP contribution is 2.29. The van der Waals surface area contributed by atoms with Gasteiger partial charge in [0, 0.05) is 48.8 Å². The van der Waals surface area contributed by atoms with Gasteiger partial charge in [0.1, 0.15) is 0 Å². The summed E-state index contributed by atoms with van der Waals surface area (Å²) in [6.45, 7) is 7.04. The fraction of sp³-hybridized carbons (Fsp3) is 0.333. The number of para-hydroxylation sites is 1. The van der Waals surface area contributed by atoms with E-state index in [-0.39, 0.29) is 4.90 Å². The van der Waals surface area contributed by atoms with Crippen LogP contribution in [0.25, 0.3) is 10.9 Å². The van der Waals surface area contributed by atoms with E-state index in [0.717, 1.165) is 44.1 Å². The molecule has 0 saturated carbocycles. The Morgan fingerprint density at radius 1 is 1.11 bits per heavy atom. The number of hydrogen-bond acceptors (Lipinski definition) is 8. The minimum Gasteiger partial charge on any atom is -0.449 e. The molecule has 200 valence electrons. The SMILES string of the molecule is CCCN1CCc2nc3ccccc3c(C(=O)OC(C)C(=O)Nc3ccc(S(=O)(=O)NC(C)=O)cc3)c2C1. The zero-order valence-corrected chi connectivity index (χ0v) is 22.3. The molecular formula is C27H30N4O6S. The Balaban J connectivity index is 1.52. The van der Waals surface area contributed by atoms with Crippen molar-refractivity contribution in [3.8, 4) is 0 Å². The first-order valence-electron chi connectivity index (χ1n) is 12.4. The van der Waals surface area contributed by atoms with Crippen LogP contribution in [0.3, 0.4) is 0 Å². The average Bonchev–Trinajstić information content (AvgIpc) is 2.87. The van der Waals surface area contributed by atoms with Gasteiger partial charge in [-0.1, -0.05) is 25.1 Å². The second kappa shape index (κ2) is 11.3. The standard InChI is InChI=1S/C27H30N4O6S/c1-4-14-31-15-13-24-22(16-31)25(21-7-5-6-8-23(21)29-24)27(34)37-17(2)26(33)28-19-9-11-20(12-10-19)38(35,36)30-18(3)32/h5-12,17H,4,13-16H2,1-3H3,(H,28,33)(H,30,32). The van der Waals surface area contributed by atoms with Gasteiger partial charge in [-0.25, -0.2) is 17.9 Å². The molecule has 1 aromatic heterocycles. The number of fused-ring (bicyclic) bond motifs is 2. The van der Waals surface area contributed by atoms with Crippen LogP contribution >= 0.6 is 0 Å². The summed E-state index contributed by atoms with van der Waals surface area (Å²) in [6, 6.07) is 12.7. The second-order valence-corrected chi connectivity index (χ2v) is 10.9. The first-order chi connectivity index (χ1) is 18.1. The average molecular weight is 539 g/mol. The Morgan fingerprint density at radius 3 is 2.50 bits per heavy atom. The Bertz CT molecular complexity index is 1490. The molecule has 38 heavy (non-hydrogen) atoms. The fourth-order valence-corrected chi connectivity index (χ4v) is 5.46. The van der Waals surface area contributed by atoms with Crippen molar-refractivity contribution >= 4 is 44.4 Å². The van der Waals surface area contributed by atoms with Crippen molar-refractivity contribution in [2.45, 2.75) is 51.2 Å². The van der Waals surface area contributed by atoms with Gasteiger partial charge in [-0.15, -0.1) is 0 Å². The van der Waals surface area contributed by atoms with Crippen molar-refractivity contribution in [1.29, 1.82) is 0 Å². The van der Waals surface area contributed by atoms with Crippen LogP contribution in [0, 0.1) is 0 Å². The third-order valence-corrected chi connectivity index (χ3v) is 7.68. The number of amides is 2. The highest BCUT2D eigenvalue weighted by Gasteiger charge is 2.28. The molecule has 0 bridgehead atoms. The number of esters is 1. The number of pyridine rings is 1. The third kappa shape index (κ3) is 6.00. The van der Waals surface area contributed by atoms with Gasteiger partial charge in [0.05, 0.1) is 16.0 Å². The monoisotopic (exact) mass is 538 g/mol. The van der Waals surface area contributed by atoms with Gasteiger partial charge in [0.2, 0.25) is 5.91 Å². The van der Waals surface area contributed by atoms with Crippen molar-refractivity contribution in [3.63, 3.8) is 0 Å². The molecule has 0 aliphatic carbocycles. The first kappa shape index (κ1) is 27.2.